The Bertz CT molecular complexity index is 535. The molecule has 0 aliphatic heterocycles. The fraction of sp³-hybridized carbons (Fsp3) is 0.562. The first-order valence-electron chi connectivity index (χ1n) is 7.08. The summed E-state index contributed by atoms with van der Waals surface area (Å²) in [4.78, 5) is 11.3. The maximum atomic E-state index is 11.3. The molecular formula is C16H21ClO3. The van der Waals surface area contributed by atoms with Crippen LogP contribution in [0, 0.1) is 5.41 Å². The first-order chi connectivity index (χ1) is 9.33. The van der Waals surface area contributed by atoms with Gasteiger partial charge in [0, 0.05) is 0 Å². The van der Waals surface area contributed by atoms with E-state index in [1.54, 1.807) is 13.8 Å². The minimum absolute atomic E-state index is 0.0571. The highest BCUT2D eigenvalue weighted by Gasteiger charge is 2.31. The standard InChI is InChI=1S/C16H21ClO3/c1-16(2,15(19)20)9-12-11-7-5-3-4-6-10(11)8-13(17)14(12)18/h8,18H,3-7,9H2,1-2H3,(H,19,20). The van der Waals surface area contributed by atoms with Crippen LogP contribution in [-0.4, -0.2) is 16.2 Å². The monoisotopic (exact) mass is 296 g/mol. The number of carbonyl (C=O) groups is 1. The predicted octanol–water partition coefficient (Wildman–Crippen LogP) is 3.97. The molecule has 4 heteroatoms. The Morgan fingerprint density at radius 2 is 1.95 bits per heavy atom. The Morgan fingerprint density at radius 3 is 2.60 bits per heavy atom. The molecule has 0 saturated carbocycles. The molecule has 0 spiro atoms. The fourth-order valence-electron chi connectivity index (χ4n) is 2.83. The molecule has 1 aliphatic carbocycles. The molecule has 1 aromatic rings. The summed E-state index contributed by atoms with van der Waals surface area (Å²) in [6.07, 6.45) is 5.51. The van der Waals surface area contributed by atoms with Crippen molar-refractivity contribution in [2.24, 2.45) is 5.41 Å². The molecule has 0 saturated heterocycles. The van der Waals surface area contributed by atoms with Gasteiger partial charge in [0.25, 0.3) is 0 Å². The lowest BCUT2D eigenvalue weighted by Gasteiger charge is -2.23. The Labute approximate surface area is 124 Å². The lowest BCUT2D eigenvalue weighted by Crippen LogP contribution is -2.27. The van der Waals surface area contributed by atoms with Crippen molar-refractivity contribution < 1.29 is 15.0 Å². The summed E-state index contributed by atoms with van der Waals surface area (Å²) in [5.41, 5.74) is 2.09. The predicted molar refractivity (Wildman–Crippen MR) is 79.5 cm³/mol. The van der Waals surface area contributed by atoms with Gasteiger partial charge in [0.05, 0.1) is 10.4 Å². The van der Waals surface area contributed by atoms with Crippen molar-refractivity contribution in [1.29, 1.82) is 0 Å². The topological polar surface area (TPSA) is 57.5 Å². The first kappa shape index (κ1) is 15.2. The van der Waals surface area contributed by atoms with Crippen molar-refractivity contribution in [1.82, 2.24) is 0 Å². The molecule has 2 N–H and O–H groups in total. The van der Waals surface area contributed by atoms with E-state index in [4.69, 9.17) is 11.6 Å². The van der Waals surface area contributed by atoms with Gasteiger partial charge in [-0.1, -0.05) is 18.0 Å². The second-order valence-electron chi connectivity index (χ2n) is 6.25. The summed E-state index contributed by atoms with van der Waals surface area (Å²) in [6, 6.07) is 1.84. The van der Waals surface area contributed by atoms with Crippen molar-refractivity contribution >= 4 is 17.6 Å². The molecule has 0 fully saturated rings. The van der Waals surface area contributed by atoms with Gasteiger partial charge >= 0.3 is 5.97 Å². The third-order valence-electron chi connectivity index (χ3n) is 4.14. The highest BCUT2D eigenvalue weighted by molar-refractivity contribution is 6.32. The number of rotatable bonds is 3. The van der Waals surface area contributed by atoms with Crippen LogP contribution in [0.5, 0.6) is 5.75 Å². The first-order valence-corrected chi connectivity index (χ1v) is 7.46. The van der Waals surface area contributed by atoms with Crippen LogP contribution in [-0.2, 0) is 24.1 Å². The molecule has 0 unspecified atom stereocenters. The smallest absolute Gasteiger partial charge is 0.309 e. The van der Waals surface area contributed by atoms with Gasteiger partial charge in [0.15, 0.2) is 0 Å². The molecule has 1 aromatic carbocycles. The van der Waals surface area contributed by atoms with Gasteiger partial charge in [0.2, 0.25) is 0 Å². The van der Waals surface area contributed by atoms with Crippen LogP contribution < -0.4 is 0 Å². The molecule has 1 aliphatic rings. The average molecular weight is 297 g/mol. The Kier molecular flexibility index (Phi) is 4.28. The van der Waals surface area contributed by atoms with Crippen molar-refractivity contribution in [2.45, 2.75) is 52.4 Å². The number of hydrogen-bond donors (Lipinski definition) is 2. The van der Waals surface area contributed by atoms with Crippen molar-refractivity contribution in [3.63, 3.8) is 0 Å². The SMILES string of the molecule is CC(C)(Cc1c(O)c(Cl)cc2c1CCCCC2)C(=O)O. The van der Waals surface area contributed by atoms with E-state index in [9.17, 15) is 15.0 Å². The minimum Gasteiger partial charge on any atom is -0.506 e. The van der Waals surface area contributed by atoms with Crippen LogP contribution in [0.3, 0.4) is 0 Å². The number of aromatic hydroxyl groups is 1. The largest absolute Gasteiger partial charge is 0.506 e. The molecule has 0 heterocycles. The van der Waals surface area contributed by atoms with Gasteiger partial charge < -0.3 is 10.2 Å². The summed E-state index contributed by atoms with van der Waals surface area (Å²) in [5, 5.41) is 19.9. The maximum Gasteiger partial charge on any atom is 0.309 e. The fourth-order valence-corrected chi connectivity index (χ4v) is 3.07. The van der Waals surface area contributed by atoms with E-state index >= 15 is 0 Å². The molecule has 0 atom stereocenters. The van der Waals surface area contributed by atoms with Crippen LogP contribution in [0.25, 0.3) is 0 Å². The molecule has 2 rings (SSSR count). The second kappa shape index (κ2) is 5.65. The lowest BCUT2D eigenvalue weighted by molar-refractivity contribution is -0.146. The van der Waals surface area contributed by atoms with Crippen molar-refractivity contribution in [2.75, 3.05) is 0 Å². The van der Waals surface area contributed by atoms with Gasteiger partial charge in [-0.25, -0.2) is 0 Å². The van der Waals surface area contributed by atoms with Crippen LogP contribution >= 0.6 is 11.6 Å². The van der Waals surface area contributed by atoms with E-state index in [2.05, 4.69) is 0 Å². The van der Waals surface area contributed by atoms with E-state index in [1.165, 1.54) is 5.56 Å². The van der Waals surface area contributed by atoms with Gasteiger partial charge in [-0.15, -0.1) is 0 Å². The molecule has 110 valence electrons. The van der Waals surface area contributed by atoms with E-state index in [0.29, 0.717) is 11.4 Å². The van der Waals surface area contributed by atoms with E-state index in [-0.39, 0.29) is 5.75 Å². The molecule has 0 radical (unpaired) electrons. The van der Waals surface area contributed by atoms with Gasteiger partial charge in [-0.3, -0.25) is 4.79 Å². The van der Waals surface area contributed by atoms with Gasteiger partial charge in [-0.05, 0) is 68.7 Å². The van der Waals surface area contributed by atoms with E-state index in [0.717, 1.165) is 43.2 Å². The normalized spacial score (nSPS) is 15.6. The Hall–Kier alpha value is -1.22. The number of halogens is 1. The third kappa shape index (κ3) is 2.93. The van der Waals surface area contributed by atoms with Crippen LogP contribution in [0.2, 0.25) is 5.02 Å². The summed E-state index contributed by atoms with van der Waals surface area (Å²) in [7, 11) is 0. The van der Waals surface area contributed by atoms with E-state index in [1.807, 2.05) is 6.07 Å². The maximum absolute atomic E-state index is 11.3. The number of carboxylic acids is 1. The minimum atomic E-state index is -0.914. The number of aryl methyl sites for hydroxylation is 1. The number of phenolic OH excluding ortho intramolecular Hbond substituents is 1. The van der Waals surface area contributed by atoms with Crippen molar-refractivity contribution in [3.8, 4) is 5.75 Å². The molecule has 0 bridgehead atoms. The van der Waals surface area contributed by atoms with Crippen molar-refractivity contribution in [3.05, 3.63) is 27.8 Å². The zero-order chi connectivity index (χ0) is 14.9. The van der Waals surface area contributed by atoms with Crippen LogP contribution in [0.15, 0.2) is 6.07 Å². The number of carboxylic acid groups (broad SMARTS) is 1. The highest BCUT2D eigenvalue weighted by atomic mass is 35.5. The zero-order valence-electron chi connectivity index (χ0n) is 12.0. The number of phenols is 1. The quantitative estimate of drug-likeness (QED) is 0.830. The molecular weight excluding hydrogens is 276 g/mol. The zero-order valence-corrected chi connectivity index (χ0v) is 12.8. The number of aliphatic carboxylic acids is 1. The average Bonchev–Trinajstić information content (AvgIpc) is 2.59. The van der Waals surface area contributed by atoms with Gasteiger partial charge in [0.1, 0.15) is 5.75 Å². The van der Waals surface area contributed by atoms with Crippen LogP contribution in [0.4, 0.5) is 0 Å². The van der Waals surface area contributed by atoms with Gasteiger partial charge in [-0.2, -0.15) is 0 Å². The summed E-state index contributed by atoms with van der Waals surface area (Å²) < 4.78 is 0. The summed E-state index contributed by atoms with van der Waals surface area (Å²) in [5.74, 6) is -0.805. The number of benzene rings is 1. The third-order valence-corrected chi connectivity index (χ3v) is 4.42. The summed E-state index contributed by atoms with van der Waals surface area (Å²) in [6.45, 7) is 3.36. The number of fused-ring (bicyclic) bond motifs is 1. The highest BCUT2D eigenvalue weighted by Crippen LogP contribution is 2.39. The molecule has 0 amide bonds. The van der Waals surface area contributed by atoms with Crippen LogP contribution in [0.1, 0.15) is 49.8 Å². The molecule has 3 nitrogen and oxygen atoms in total. The Balaban J connectivity index is 2.50. The Morgan fingerprint density at radius 1 is 1.30 bits per heavy atom. The van der Waals surface area contributed by atoms with E-state index < -0.39 is 11.4 Å². The lowest BCUT2D eigenvalue weighted by atomic mass is 9.82. The molecule has 20 heavy (non-hydrogen) atoms. The number of hydrogen-bond acceptors (Lipinski definition) is 2. The summed E-state index contributed by atoms with van der Waals surface area (Å²) >= 11 is 6.12. The molecule has 0 aromatic heterocycles. The second-order valence-corrected chi connectivity index (χ2v) is 6.66.